The zero-order chi connectivity index (χ0) is 13.6. The number of fused-ring (bicyclic) bond motifs is 2. The molecule has 3 aliphatic rings. The van der Waals surface area contributed by atoms with Gasteiger partial charge >= 0.3 is 0 Å². The Balaban J connectivity index is 1.60. The monoisotopic (exact) mass is 263 g/mol. The Morgan fingerprint density at radius 3 is 3.00 bits per heavy atom. The van der Waals surface area contributed by atoms with Crippen LogP contribution in [0.3, 0.4) is 0 Å². The van der Waals surface area contributed by atoms with Crippen LogP contribution in [0.1, 0.15) is 50.5 Å². The van der Waals surface area contributed by atoms with Crippen LogP contribution in [0.5, 0.6) is 0 Å². The zero-order valence-electron chi connectivity index (χ0n) is 12.1. The van der Waals surface area contributed by atoms with Gasteiger partial charge in [-0.15, -0.1) is 0 Å². The molecule has 3 fully saturated rings. The first-order chi connectivity index (χ1) is 9.72. The molecule has 0 saturated heterocycles. The minimum Gasteiger partial charge on any atom is -0.286 e. The van der Waals surface area contributed by atoms with Crippen molar-refractivity contribution in [3.8, 4) is 0 Å². The fourth-order valence-corrected chi connectivity index (χ4v) is 5.13. The van der Waals surface area contributed by atoms with Gasteiger partial charge in [-0.3, -0.25) is 4.99 Å². The molecular weight excluding hydrogens is 241 g/mol. The lowest BCUT2D eigenvalue weighted by molar-refractivity contribution is 0.214. The van der Waals surface area contributed by atoms with Crippen LogP contribution >= 0.6 is 0 Å². The van der Waals surface area contributed by atoms with Crippen LogP contribution in [0.25, 0.3) is 0 Å². The molecule has 0 aliphatic heterocycles. The third-order valence-corrected chi connectivity index (χ3v) is 5.86. The molecule has 4 unspecified atom stereocenters. The van der Waals surface area contributed by atoms with Crippen LogP contribution in [0.15, 0.2) is 29.3 Å². The Labute approximate surface area is 123 Å². The van der Waals surface area contributed by atoms with Gasteiger partial charge in [-0.1, -0.05) is 42.6 Å². The molecule has 3 saturated carbocycles. The van der Waals surface area contributed by atoms with Crippen molar-refractivity contribution in [2.45, 2.75) is 50.5 Å². The van der Waals surface area contributed by atoms with E-state index in [0.717, 1.165) is 28.8 Å². The molecule has 102 valence electrons. The highest BCUT2D eigenvalue weighted by molar-refractivity contribution is 6.32. The molecule has 0 spiro atoms. The second-order valence-corrected chi connectivity index (χ2v) is 7.31. The predicted octanol–water partition coefficient (Wildman–Crippen LogP) is 3.26. The molecule has 0 aromatic heterocycles. The van der Waals surface area contributed by atoms with Crippen LogP contribution in [0.4, 0.5) is 0 Å². The van der Waals surface area contributed by atoms with Gasteiger partial charge in [0, 0.05) is 6.21 Å². The highest BCUT2D eigenvalue weighted by Crippen LogP contribution is 2.56. The highest BCUT2D eigenvalue weighted by Gasteiger charge is 2.49. The van der Waals surface area contributed by atoms with Gasteiger partial charge in [0.2, 0.25) is 0 Å². The average Bonchev–Trinajstić information content (AvgIpc) is 2.64. The minimum absolute atomic E-state index is 0.253. The molecule has 4 atom stereocenters. The number of rotatable bonds is 2. The first-order valence-electron chi connectivity index (χ1n) is 8.13. The maximum atomic E-state index is 5.86. The summed E-state index contributed by atoms with van der Waals surface area (Å²) < 4.78 is 0. The smallest absolute Gasteiger partial charge is 0.113 e. The van der Waals surface area contributed by atoms with Gasteiger partial charge in [-0.2, -0.15) is 0 Å². The summed E-state index contributed by atoms with van der Waals surface area (Å²) in [5, 5.41) is 0. The Morgan fingerprint density at radius 1 is 1.20 bits per heavy atom. The van der Waals surface area contributed by atoms with Gasteiger partial charge in [0.15, 0.2) is 0 Å². The van der Waals surface area contributed by atoms with Crippen LogP contribution < -0.4 is 5.46 Å². The van der Waals surface area contributed by atoms with E-state index in [2.05, 4.69) is 12.3 Å². The van der Waals surface area contributed by atoms with Crippen molar-refractivity contribution in [2.24, 2.45) is 22.7 Å². The lowest BCUT2D eigenvalue weighted by Gasteiger charge is -2.37. The number of aliphatic imine (C=N–C) groups is 1. The van der Waals surface area contributed by atoms with Crippen molar-refractivity contribution in [1.82, 2.24) is 0 Å². The summed E-state index contributed by atoms with van der Waals surface area (Å²) >= 11 is 0. The molecule has 1 nitrogen and oxygen atoms in total. The number of nitrogens with zero attached hydrogens (tertiary/aromatic N) is 1. The Morgan fingerprint density at radius 2 is 2.10 bits per heavy atom. The lowest BCUT2D eigenvalue weighted by Crippen LogP contribution is -2.34. The van der Waals surface area contributed by atoms with E-state index in [-0.39, 0.29) is 5.54 Å². The van der Waals surface area contributed by atoms with Gasteiger partial charge in [-0.05, 0) is 55.4 Å². The van der Waals surface area contributed by atoms with Crippen molar-refractivity contribution in [3.05, 3.63) is 29.8 Å². The van der Waals surface area contributed by atoms with E-state index in [9.17, 15) is 0 Å². The van der Waals surface area contributed by atoms with Crippen molar-refractivity contribution < 1.29 is 0 Å². The molecule has 3 bridgehead atoms. The molecule has 2 heteroatoms. The Hall–Kier alpha value is -1.05. The van der Waals surface area contributed by atoms with Crippen molar-refractivity contribution in [3.63, 3.8) is 0 Å². The highest BCUT2D eigenvalue weighted by atomic mass is 14.9. The summed E-state index contributed by atoms with van der Waals surface area (Å²) in [5.74, 6) is 2.94. The summed E-state index contributed by atoms with van der Waals surface area (Å²) in [7, 11) is 5.86. The molecule has 0 heterocycles. The predicted molar refractivity (Wildman–Crippen MR) is 84.9 cm³/mol. The first kappa shape index (κ1) is 12.7. The van der Waals surface area contributed by atoms with Crippen LogP contribution in [-0.2, 0) is 0 Å². The molecule has 1 aromatic rings. The van der Waals surface area contributed by atoms with Crippen LogP contribution in [-0.4, -0.2) is 19.6 Å². The summed E-state index contributed by atoms with van der Waals surface area (Å²) in [5.41, 5.74) is 2.23. The molecule has 1 aromatic carbocycles. The van der Waals surface area contributed by atoms with Crippen molar-refractivity contribution in [2.75, 3.05) is 0 Å². The number of hydrogen-bond acceptors (Lipinski definition) is 1. The van der Waals surface area contributed by atoms with E-state index < -0.39 is 0 Å². The van der Waals surface area contributed by atoms with E-state index in [1.54, 1.807) is 0 Å². The van der Waals surface area contributed by atoms with Gasteiger partial charge in [0.25, 0.3) is 0 Å². The first-order valence-corrected chi connectivity index (χ1v) is 8.13. The van der Waals surface area contributed by atoms with E-state index in [4.69, 9.17) is 12.8 Å². The fraction of sp³-hybridized carbons (Fsp3) is 0.611. The molecule has 2 radical (unpaired) electrons. The third-order valence-electron chi connectivity index (χ3n) is 5.86. The molecule has 0 N–H and O–H groups in total. The van der Waals surface area contributed by atoms with Gasteiger partial charge in [-0.25, -0.2) is 0 Å². The fourth-order valence-electron chi connectivity index (χ4n) is 5.13. The van der Waals surface area contributed by atoms with Crippen molar-refractivity contribution >= 4 is 19.5 Å². The summed E-state index contributed by atoms with van der Waals surface area (Å²) in [6.07, 6.45) is 11.9. The number of benzene rings is 1. The molecular formula is C18H22BN. The maximum absolute atomic E-state index is 5.86. The van der Waals surface area contributed by atoms with Crippen molar-refractivity contribution in [1.29, 1.82) is 0 Å². The van der Waals surface area contributed by atoms with Gasteiger partial charge < -0.3 is 0 Å². The zero-order valence-corrected chi connectivity index (χ0v) is 12.1. The Bertz CT molecular complexity index is 538. The topological polar surface area (TPSA) is 12.4 Å². The van der Waals surface area contributed by atoms with Gasteiger partial charge in [0.05, 0.1) is 5.54 Å². The Kier molecular flexibility index (Phi) is 3.01. The average molecular weight is 263 g/mol. The molecule has 20 heavy (non-hydrogen) atoms. The van der Waals surface area contributed by atoms with Gasteiger partial charge in [0.1, 0.15) is 7.85 Å². The molecule has 3 aliphatic carbocycles. The normalized spacial score (nSPS) is 39.3. The van der Waals surface area contributed by atoms with E-state index in [0.29, 0.717) is 0 Å². The molecule has 0 amide bonds. The lowest BCUT2D eigenvalue weighted by atomic mass is 9.74. The minimum atomic E-state index is 0.253. The quantitative estimate of drug-likeness (QED) is 0.573. The summed E-state index contributed by atoms with van der Waals surface area (Å²) in [4.78, 5) is 5.10. The summed E-state index contributed by atoms with van der Waals surface area (Å²) in [6.45, 7) is 0. The summed E-state index contributed by atoms with van der Waals surface area (Å²) in [6, 6.07) is 8.08. The molecule has 4 rings (SSSR count). The van der Waals surface area contributed by atoms with Crippen LogP contribution in [0.2, 0.25) is 0 Å². The van der Waals surface area contributed by atoms with E-state index in [1.165, 1.54) is 44.9 Å². The number of hydrogen-bond donors (Lipinski definition) is 0. The maximum Gasteiger partial charge on any atom is 0.113 e. The largest absolute Gasteiger partial charge is 0.286 e. The third kappa shape index (κ3) is 2.23. The van der Waals surface area contributed by atoms with Crippen LogP contribution in [0, 0.1) is 17.8 Å². The van der Waals surface area contributed by atoms with E-state index >= 15 is 0 Å². The van der Waals surface area contributed by atoms with E-state index in [1.807, 2.05) is 18.2 Å². The second kappa shape index (κ2) is 4.75. The SMILES string of the molecule is [B]c1cccc(C=NC23CCCC4CC(CC4C2)C3)c1. The second-order valence-electron chi connectivity index (χ2n) is 7.31. The standard InChI is InChI=1S/C18H22BN/c19-17-5-1-3-13(9-17)12-20-18-6-2-4-15-7-14(10-18)8-16(15)11-18/h1,3,5,9,12,14-16H,2,4,6-8,10-11H2.